The van der Waals surface area contributed by atoms with Gasteiger partial charge in [0, 0.05) is 22.5 Å². The SMILES string of the molecule is Cc1noc(C)c1C(C)NC1CCCc2sc(Br)cc21. The van der Waals surface area contributed by atoms with Crippen LogP contribution in [0, 0.1) is 13.8 Å². The summed E-state index contributed by atoms with van der Waals surface area (Å²) in [4.78, 5) is 1.52. The molecule has 2 heterocycles. The van der Waals surface area contributed by atoms with E-state index in [1.807, 2.05) is 25.2 Å². The van der Waals surface area contributed by atoms with Gasteiger partial charge in [-0.25, -0.2) is 0 Å². The third-order valence-electron chi connectivity index (χ3n) is 4.06. The first-order chi connectivity index (χ1) is 9.56. The number of nitrogens with one attached hydrogen (secondary N) is 1. The minimum Gasteiger partial charge on any atom is -0.361 e. The molecule has 3 nitrogen and oxygen atoms in total. The van der Waals surface area contributed by atoms with E-state index < -0.39 is 0 Å². The lowest BCUT2D eigenvalue weighted by molar-refractivity contribution is 0.385. The van der Waals surface area contributed by atoms with Crippen LogP contribution in [0.25, 0.3) is 0 Å². The van der Waals surface area contributed by atoms with E-state index in [0.29, 0.717) is 6.04 Å². The zero-order chi connectivity index (χ0) is 14.3. The Balaban J connectivity index is 1.82. The van der Waals surface area contributed by atoms with Crippen LogP contribution in [-0.2, 0) is 6.42 Å². The molecule has 0 bridgehead atoms. The predicted octanol–water partition coefficient (Wildman–Crippen LogP) is 4.84. The summed E-state index contributed by atoms with van der Waals surface area (Å²) in [6.07, 6.45) is 3.67. The molecular formula is C15H19BrN2OS. The van der Waals surface area contributed by atoms with Crippen molar-refractivity contribution < 1.29 is 4.52 Å². The van der Waals surface area contributed by atoms with Crippen LogP contribution >= 0.6 is 27.3 Å². The average molecular weight is 355 g/mol. The first-order valence-corrected chi connectivity index (χ1v) is 8.64. The van der Waals surface area contributed by atoms with Crippen LogP contribution in [0.2, 0.25) is 0 Å². The second kappa shape index (κ2) is 5.62. The fraction of sp³-hybridized carbons (Fsp3) is 0.533. The largest absolute Gasteiger partial charge is 0.361 e. The van der Waals surface area contributed by atoms with Crippen molar-refractivity contribution in [3.8, 4) is 0 Å². The average Bonchev–Trinajstić information content (AvgIpc) is 2.92. The Bertz CT molecular complexity index is 600. The van der Waals surface area contributed by atoms with Crippen molar-refractivity contribution in [1.82, 2.24) is 10.5 Å². The number of aromatic nitrogens is 1. The molecule has 0 saturated carbocycles. The quantitative estimate of drug-likeness (QED) is 0.856. The second-order valence-corrected chi connectivity index (χ2v) is 8.02. The topological polar surface area (TPSA) is 38.1 Å². The van der Waals surface area contributed by atoms with Crippen LogP contribution in [0.4, 0.5) is 0 Å². The molecule has 2 atom stereocenters. The highest BCUT2D eigenvalue weighted by Gasteiger charge is 2.26. The van der Waals surface area contributed by atoms with Gasteiger partial charge in [-0.1, -0.05) is 5.16 Å². The maximum Gasteiger partial charge on any atom is 0.138 e. The van der Waals surface area contributed by atoms with Gasteiger partial charge in [0.25, 0.3) is 0 Å². The van der Waals surface area contributed by atoms with Crippen LogP contribution in [0.1, 0.15) is 59.3 Å². The van der Waals surface area contributed by atoms with Gasteiger partial charge < -0.3 is 9.84 Å². The van der Waals surface area contributed by atoms with Gasteiger partial charge in [-0.3, -0.25) is 0 Å². The summed E-state index contributed by atoms with van der Waals surface area (Å²) >= 11 is 5.48. The maximum absolute atomic E-state index is 5.28. The Hall–Kier alpha value is -0.650. The van der Waals surface area contributed by atoms with E-state index in [1.54, 1.807) is 0 Å². The van der Waals surface area contributed by atoms with Crippen LogP contribution in [-0.4, -0.2) is 5.16 Å². The summed E-state index contributed by atoms with van der Waals surface area (Å²) in [5, 5.41) is 7.82. The van der Waals surface area contributed by atoms with Gasteiger partial charge >= 0.3 is 0 Å². The van der Waals surface area contributed by atoms with Crippen LogP contribution < -0.4 is 5.32 Å². The van der Waals surface area contributed by atoms with Crippen LogP contribution in [0.5, 0.6) is 0 Å². The fourth-order valence-electron chi connectivity index (χ4n) is 3.19. The fourth-order valence-corrected chi connectivity index (χ4v) is 5.01. The Morgan fingerprint density at radius 3 is 3.00 bits per heavy atom. The maximum atomic E-state index is 5.28. The van der Waals surface area contributed by atoms with Crippen molar-refractivity contribution in [3.63, 3.8) is 0 Å². The third kappa shape index (κ3) is 2.59. The number of aryl methyl sites for hydroxylation is 3. The molecule has 1 N–H and O–H groups in total. The molecule has 0 aromatic carbocycles. The molecule has 0 aliphatic heterocycles. The number of hydrogen-bond acceptors (Lipinski definition) is 4. The van der Waals surface area contributed by atoms with Crippen molar-refractivity contribution in [1.29, 1.82) is 0 Å². The molecule has 2 aromatic heterocycles. The monoisotopic (exact) mass is 354 g/mol. The lowest BCUT2D eigenvalue weighted by atomic mass is 9.92. The van der Waals surface area contributed by atoms with Gasteiger partial charge in [-0.05, 0) is 67.6 Å². The van der Waals surface area contributed by atoms with E-state index >= 15 is 0 Å². The molecular weight excluding hydrogens is 336 g/mol. The summed E-state index contributed by atoms with van der Waals surface area (Å²) < 4.78 is 6.52. The number of nitrogens with zero attached hydrogens (tertiary/aromatic N) is 1. The third-order valence-corrected chi connectivity index (χ3v) is 5.77. The zero-order valence-electron chi connectivity index (χ0n) is 12.0. The lowest BCUT2D eigenvalue weighted by Crippen LogP contribution is -2.27. The summed E-state index contributed by atoms with van der Waals surface area (Å²) in [5.74, 6) is 0.921. The van der Waals surface area contributed by atoms with Crippen molar-refractivity contribution in [2.45, 2.75) is 52.1 Å². The first kappa shape index (κ1) is 14.3. The minimum atomic E-state index is 0.260. The number of thiophene rings is 1. The molecule has 5 heteroatoms. The molecule has 0 fully saturated rings. The van der Waals surface area contributed by atoms with E-state index in [0.717, 1.165) is 11.5 Å². The molecule has 108 valence electrons. The first-order valence-electron chi connectivity index (χ1n) is 7.03. The molecule has 2 aromatic rings. The molecule has 1 aliphatic rings. The molecule has 2 unspecified atom stereocenters. The summed E-state index contributed by atoms with van der Waals surface area (Å²) in [6.45, 7) is 6.20. The normalized spacial score (nSPS) is 19.9. The van der Waals surface area contributed by atoms with Gasteiger partial charge in [0.1, 0.15) is 5.76 Å². The smallest absolute Gasteiger partial charge is 0.138 e. The molecule has 3 rings (SSSR count). The second-order valence-electron chi connectivity index (χ2n) is 5.50. The number of hydrogen-bond donors (Lipinski definition) is 1. The van der Waals surface area contributed by atoms with Gasteiger partial charge in [-0.2, -0.15) is 0 Å². The molecule has 1 aliphatic carbocycles. The van der Waals surface area contributed by atoms with E-state index in [2.05, 4.69) is 39.4 Å². The Morgan fingerprint density at radius 1 is 1.50 bits per heavy atom. The van der Waals surface area contributed by atoms with Crippen molar-refractivity contribution >= 4 is 27.3 Å². The zero-order valence-corrected chi connectivity index (χ0v) is 14.4. The molecule has 0 radical (unpaired) electrons. The van der Waals surface area contributed by atoms with Gasteiger partial charge in [-0.15, -0.1) is 11.3 Å². The van der Waals surface area contributed by atoms with E-state index in [4.69, 9.17) is 4.52 Å². The highest BCUT2D eigenvalue weighted by Crippen LogP contribution is 2.39. The summed E-state index contributed by atoms with van der Waals surface area (Å²) in [7, 11) is 0. The van der Waals surface area contributed by atoms with E-state index in [1.165, 1.54) is 39.1 Å². The molecule has 0 amide bonds. The number of fused-ring (bicyclic) bond motifs is 1. The Morgan fingerprint density at radius 2 is 2.30 bits per heavy atom. The number of rotatable bonds is 3. The Kier molecular flexibility index (Phi) is 4.02. The highest BCUT2D eigenvalue weighted by molar-refractivity contribution is 9.11. The van der Waals surface area contributed by atoms with Crippen molar-refractivity contribution in [2.75, 3.05) is 0 Å². The van der Waals surface area contributed by atoms with E-state index in [-0.39, 0.29) is 6.04 Å². The lowest BCUT2D eigenvalue weighted by Gasteiger charge is -2.27. The molecule has 0 saturated heterocycles. The predicted molar refractivity (Wildman–Crippen MR) is 85.2 cm³/mol. The van der Waals surface area contributed by atoms with Crippen molar-refractivity contribution in [2.24, 2.45) is 0 Å². The van der Waals surface area contributed by atoms with Gasteiger partial charge in [0.05, 0.1) is 9.48 Å². The van der Waals surface area contributed by atoms with Crippen LogP contribution in [0.3, 0.4) is 0 Å². The standard InChI is InChI=1S/C15H19BrN2OS/c1-8(15-9(2)18-19-10(15)3)17-12-5-4-6-13-11(12)7-14(16)20-13/h7-8,12,17H,4-6H2,1-3H3. The molecule has 0 spiro atoms. The van der Waals surface area contributed by atoms with Gasteiger partial charge in [0.15, 0.2) is 0 Å². The number of halogens is 1. The highest BCUT2D eigenvalue weighted by atomic mass is 79.9. The Labute approximate surface area is 131 Å². The van der Waals surface area contributed by atoms with Crippen molar-refractivity contribution in [3.05, 3.63) is 37.3 Å². The summed E-state index contributed by atoms with van der Waals surface area (Å²) in [6, 6.07) is 2.97. The van der Waals surface area contributed by atoms with E-state index in [9.17, 15) is 0 Å². The summed E-state index contributed by atoms with van der Waals surface area (Å²) in [5.41, 5.74) is 3.66. The molecule has 20 heavy (non-hydrogen) atoms. The van der Waals surface area contributed by atoms with Crippen LogP contribution in [0.15, 0.2) is 14.4 Å². The minimum absolute atomic E-state index is 0.260. The van der Waals surface area contributed by atoms with Gasteiger partial charge in [0.2, 0.25) is 0 Å².